The molecular weight excluding hydrogens is 497 g/mol. The molecule has 1 saturated carbocycles. The maximum Gasteiger partial charge on any atom is 0.152 e. The van der Waals surface area contributed by atoms with E-state index in [0.717, 1.165) is 88.2 Å². The summed E-state index contributed by atoms with van der Waals surface area (Å²) in [5.74, 6) is 1.26. The van der Waals surface area contributed by atoms with Gasteiger partial charge in [-0.15, -0.1) is 0 Å². The molecule has 7 nitrogen and oxygen atoms in total. The minimum Gasteiger partial charge on any atom is -0.384 e. The maximum atomic E-state index is 6.55. The Morgan fingerprint density at radius 2 is 1.75 bits per heavy atom. The number of pyridine rings is 2. The standard InChI is InChI=1S/C27H35Cl2N5O2/c28-25-17-32-26(34-20-5-3-19(4-6-20)31-16-22-2-1-9-36-22)13-23(25)24-12-21(15-33-27(24)29)30-14-18-7-10-35-11-8-18/h12-13,15,17-19,22,30-31H,1-11,14,16H2/t19?,22-/m1/s1. The number of ether oxygens (including phenoxy) is 2. The number of nitrogens with one attached hydrogen (secondary N) is 2. The lowest BCUT2D eigenvalue weighted by atomic mass is 9.93. The molecule has 1 atom stereocenters. The van der Waals surface area contributed by atoms with E-state index in [0.29, 0.717) is 34.1 Å². The predicted octanol–water partition coefficient (Wildman–Crippen LogP) is 6.07. The summed E-state index contributed by atoms with van der Waals surface area (Å²) in [6.07, 6.45) is 12.4. The molecule has 0 unspecified atom stereocenters. The van der Waals surface area contributed by atoms with Crippen LogP contribution in [0.4, 0.5) is 11.5 Å². The van der Waals surface area contributed by atoms with Crippen LogP contribution in [0.2, 0.25) is 10.2 Å². The number of aromatic nitrogens is 2. The van der Waals surface area contributed by atoms with E-state index < -0.39 is 0 Å². The van der Waals surface area contributed by atoms with Crippen molar-refractivity contribution in [2.24, 2.45) is 10.9 Å². The lowest BCUT2D eigenvalue weighted by Gasteiger charge is -2.25. The normalized spacial score (nSPS) is 23.1. The van der Waals surface area contributed by atoms with Crippen LogP contribution in [0.25, 0.3) is 11.1 Å². The van der Waals surface area contributed by atoms with E-state index in [1.165, 1.54) is 18.6 Å². The van der Waals surface area contributed by atoms with Crippen LogP contribution in [0.3, 0.4) is 0 Å². The molecule has 0 aromatic carbocycles. The number of nitrogens with zero attached hydrogens (tertiary/aromatic N) is 3. The Morgan fingerprint density at radius 1 is 0.917 bits per heavy atom. The number of hydrogen-bond acceptors (Lipinski definition) is 7. The van der Waals surface area contributed by atoms with Gasteiger partial charge in [-0.2, -0.15) is 0 Å². The molecule has 0 bridgehead atoms. The van der Waals surface area contributed by atoms with Crippen LogP contribution < -0.4 is 10.6 Å². The van der Waals surface area contributed by atoms with E-state index in [9.17, 15) is 0 Å². The van der Waals surface area contributed by atoms with Gasteiger partial charge in [0.05, 0.1) is 23.0 Å². The van der Waals surface area contributed by atoms with Gasteiger partial charge in [0.25, 0.3) is 0 Å². The van der Waals surface area contributed by atoms with Crippen LogP contribution in [0.15, 0.2) is 29.5 Å². The van der Waals surface area contributed by atoms with E-state index >= 15 is 0 Å². The van der Waals surface area contributed by atoms with Crippen LogP contribution in [0.1, 0.15) is 51.4 Å². The smallest absolute Gasteiger partial charge is 0.152 e. The van der Waals surface area contributed by atoms with E-state index in [1.54, 1.807) is 12.4 Å². The van der Waals surface area contributed by atoms with E-state index in [1.807, 2.05) is 12.1 Å². The van der Waals surface area contributed by atoms with Gasteiger partial charge < -0.3 is 20.1 Å². The predicted molar refractivity (Wildman–Crippen MR) is 146 cm³/mol. The van der Waals surface area contributed by atoms with Gasteiger partial charge >= 0.3 is 0 Å². The Balaban J connectivity index is 1.22. The lowest BCUT2D eigenvalue weighted by Crippen LogP contribution is -2.38. The highest BCUT2D eigenvalue weighted by Crippen LogP contribution is 2.36. The van der Waals surface area contributed by atoms with E-state index in [-0.39, 0.29) is 0 Å². The molecular formula is C27H35Cl2N5O2. The average Bonchev–Trinajstić information content (AvgIpc) is 3.43. The Bertz CT molecular complexity index is 1040. The van der Waals surface area contributed by atoms with Crippen molar-refractivity contribution in [2.45, 2.75) is 63.5 Å². The van der Waals surface area contributed by atoms with Gasteiger partial charge in [0.15, 0.2) is 5.82 Å². The third-order valence-corrected chi connectivity index (χ3v) is 8.00. The third kappa shape index (κ3) is 6.95. The van der Waals surface area contributed by atoms with Gasteiger partial charge in [-0.05, 0) is 69.4 Å². The molecule has 0 radical (unpaired) electrons. The second-order valence-corrected chi connectivity index (χ2v) is 10.8. The van der Waals surface area contributed by atoms with Gasteiger partial charge in [0, 0.05) is 62.0 Å². The summed E-state index contributed by atoms with van der Waals surface area (Å²) >= 11 is 13.1. The Labute approximate surface area is 223 Å². The van der Waals surface area contributed by atoms with Crippen molar-refractivity contribution in [2.75, 3.05) is 38.2 Å². The first-order chi connectivity index (χ1) is 17.6. The second-order valence-electron chi connectivity index (χ2n) is 10.0. The zero-order valence-electron chi connectivity index (χ0n) is 20.6. The molecule has 2 aliphatic heterocycles. The second kappa shape index (κ2) is 12.7. The van der Waals surface area contributed by atoms with Crippen LogP contribution in [0, 0.1) is 5.92 Å². The average molecular weight is 533 g/mol. The van der Waals surface area contributed by atoms with Crippen molar-refractivity contribution >= 4 is 40.4 Å². The number of aliphatic imine (C=N–C) groups is 1. The highest BCUT2D eigenvalue weighted by atomic mass is 35.5. The zero-order chi connectivity index (χ0) is 24.7. The van der Waals surface area contributed by atoms with Gasteiger partial charge in [0.2, 0.25) is 0 Å². The van der Waals surface area contributed by atoms with Gasteiger partial charge in [-0.1, -0.05) is 23.2 Å². The van der Waals surface area contributed by atoms with Crippen LogP contribution in [-0.2, 0) is 9.47 Å². The van der Waals surface area contributed by atoms with Gasteiger partial charge in [0.1, 0.15) is 5.15 Å². The van der Waals surface area contributed by atoms with E-state index in [4.69, 9.17) is 37.7 Å². The highest BCUT2D eigenvalue weighted by molar-refractivity contribution is 6.36. The monoisotopic (exact) mass is 531 g/mol. The quantitative estimate of drug-likeness (QED) is 0.402. The molecule has 36 heavy (non-hydrogen) atoms. The third-order valence-electron chi connectivity index (χ3n) is 7.40. The van der Waals surface area contributed by atoms with Crippen molar-refractivity contribution in [3.8, 4) is 11.1 Å². The van der Waals surface area contributed by atoms with Crippen molar-refractivity contribution in [1.82, 2.24) is 15.3 Å². The van der Waals surface area contributed by atoms with Crippen molar-refractivity contribution < 1.29 is 9.47 Å². The minimum atomic E-state index is 0.383. The Morgan fingerprint density at radius 3 is 2.53 bits per heavy atom. The molecule has 2 saturated heterocycles. The summed E-state index contributed by atoms with van der Waals surface area (Å²) in [5.41, 5.74) is 3.69. The van der Waals surface area contributed by atoms with Crippen molar-refractivity contribution in [3.63, 3.8) is 0 Å². The first kappa shape index (κ1) is 25.9. The number of hydrogen-bond donors (Lipinski definition) is 2. The number of rotatable bonds is 8. The van der Waals surface area contributed by atoms with Crippen LogP contribution >= 0.6 is 23.2 Å². The molecule has 2 aromatic heterocycles. The molecule has 5 rings (SSSR count). The molecule has 1 aliphatic carbocycles. The number of halogens is 2. The molecule has 194 valence electrons. The Hall–Kier alpha value is -1.77. The van der Waals surface area contributed by atoms with Crippen LogP contribution in [-0.4, -0.2) is 60.7 Å². The number of anilines is 1. The van der Waals surface area contributed by atoms with Crippen molar-refractivity contribution in [1.29, 1.82) is 0 Å². The van der Waals surface area contributed by atoms with Gasteiger partial charge in [-0.25, -0.2) is 15.0 Å². The lowest BCUT2D eigenvalue weighted by molar-refractivity contribution is 0.0699. The summed E-state index contributed by atoms with van der Waals surface area (Å²) in [6, 6.07) is 4.46. The summed E-state index contributed by atoms with van der Waals surface area (Å²) in [5, 5.41) is 8.14. The molecule has 0 spiro atoms. The SMILES string of the molecule is Clc1cnc(N=C2CCC(NC[C@H]3CCCO3)CC2)cc1-c1cc(NCC2CCOCC2)cnc1Cl. The fourth-order valence-electron chi connectivity index (χ4n) is 5.17. The fourth-order valence-corrected chi connectivity index (χ4v) is 5.58. The fraction of sp³-hybridized carbons (Fsp3) is 0.593. The van der Waals surface area contributed by atoms with E-state index in [2.05, 4.69) is 20.6 Å². The zero-order valence-corrected chi connectivity index (χ0v) is 22.2. The summed E-state index contributed by atoms with van der Waals surface area (Å²) in [7, 11) is 0. The first-order valence-corrected chi connectivity index (χ1v) is 13.9. The molecule has 3 aliphatic rings. The topological polar surface area (TPSA) is 80.7 Å². The molecule has 3 fully saturated rings. The molecule has 4 heterocycles. The molecule has 9 heteroatoms. The molecule has 0 amide bonds. The first-order valence-electron chi connectivity index (χ1n) is 13.2. The van der Waals surface area contributed by atoms with Gasteiger partial charge in [-0.3, -0.25) is 0 Å². The summed E-state index contributed by atoms with van der Waals surface area (Å²) in [4.78, 5) is 13.8. The van der Waals surface area contributed by atoms with Crippen LogP contribution in [0.5, 0.6) is 0 Å². The maximum absolute atomic E-state index is 6.55. The highest BCUT2D eigenvalue weighted by Gasteiger charge is 2.21. The van der Waals surface area contributed by atoms with Crippen molar-refractivity contribution in [3.05, 3.63) is 34.7 Å². The molecule has 2 N–H and O–H groups in total. The minimum absolute atomic E-state index is 0.383. The summed E-state index contributed by atoms with van der Waals surface area (Å²) < 4.78 is 11.2. The molecule has 2 aromatic rings. The Kier molecular flexibility index (Phi) is 9.09. The summed E-state index contributed by atoms with van der Waals surface area (Å²) in [6.45, 7) is 4.42. The largest absolute Gasteiger partial charge is 0.384 e.